The third-order valence-corrected chi connectivity index (χ3v) is 3.64. The molecule has 1 amide bonds. The molecule has 2 aromatic rings. The highest BCUT2D eigenvalue weighted by Gasteiger charge is 2.23. The predicted molar refractivity (Wildman–Crippen MR) is 83.1 cm³/mol. The Morgan fingerprint density at radius 1 is 1.00 bits per heavy atom. The number of amides is 1. The van der Waals surface area contributed by atoms with Gasteiger partial charge in [0, 0.05) is 0 Å². The number of para-hydroxylation sites is 2. The lowest BCUT2D eigenvalue weighted by Gasteiger charge is -2.28. The van der Waals surface area contributed by atoms with Crippen LogP contribution in [0.3, 0.4) is 0 Å². The first-order chi connectivity index (χ1) is 9.83. The molecule has 2 aromatic carbocycles. The third kappa shape index (κ3) is 2.83. The highest BCUT2D eigenvalue weighted by Crippen LogP contribution is 2.21. The Hall–Kier alpha value is -2.27. The van der Waals surface area contributed by atoms with Crippen LogP contribution in [-0.4, -0.2) is 16.8 Å². The Kier molecular flexibility index (Phi) is 3.69. The number of nitrogens with one attached hydrogen (secondary N) is 1. The van der Waals surface area contributed by atoms with Crippen molar-refractivity contribution in [1.82, 2.24) is 5.43 Å². The summed E-state index contributed by atoms with van der Waals surface area (Å²) < 4.78 is 0. The molecule has 1 N–H and O–H groups in total. The van der Waals surface area contributed by atoms with Crippen LogP contribution in [0, 0.1) is 0 Å². The van der Waals surface area contributed by atoms with E-state index in [4.69, 9.17) is 0 Å². The van der Waals surface area contributed by atoms with E-state index >= 15 is 0 Å². The van der Waals surface area contributed by atoms with E-state index in [1.54, 1.807) is 0 Å². The van der Waals surface area contributed by atoms with Crippen LogP contribution in [0.1, 0.15) is 0 Å². The Labute approximate surface area is 121 Å². The number of carbonyl (C=O) groups is 1. The van der Waals surface area contributed by atoms with Gasteiger partial charge in [0.2, 0.25) is 0 Å². The smallest absolute Gasteiger partial charge is 0.256 e. The maximum Gasteiger partial charge on any atom is 0.256 e. The van der Waals surface area contributed by atoms with E-state index < -0.39 is 0 Å². The van der Waals surface area contributed by atoms with Crippen LogP contribution >= 0.6 is 11.8 Å². The first-order valence-electron chi connectivity index (χ1n) is 6.24. The van der Waals surface area contributed by atoms with Gasteiger partial charge in [0.15, 0.2) is 5.17 Å². The summed E-state index contributed by atoms with van der Waals surface area (Å²) in [5.74, 6) is 0.404. The minimum atomic E-state index is 0.0215. The summed E-state index contributed by atoms with van der Waals surface area (Å²) in [5, 5.41) is 2.26. The van der Waals surface area contributed by atoms with Crippen molar-refractivity contribution in [2.45, 2.75) is 0 Å². The molecule has 3 rings (SSSR count). The second kappa shape index (κ2) is 5.79. The monoisotopic (exact) mass is 283 g/mol. The summed E-state index contributed by atoms with van der Waals surface area (Å²) >= 11 is 1.41. The van der Waals surface area contributed by atoms with Crippen molar-refractivity contribution in [3.8, 4) is 0 Å². The highest BCUT2D eigenvalue weighted by atomic mass is 32.2. The number of anilines is 1. The molecule has 0 radical (unpaired) electrons. The Morgan fingerprint density at radius 2 is 1.65 bits per heavy atom. The fourth-order valence-corrected chi connectivity index (χ4v) is 2.56. The van der Waals surface area contributed by atoms with Crippen LogP contribution in [0.25, 0.3) is 0 Å². The normalized spacial score (nSPS) is 17.1. The minimum Gasteiger partial charge on any atom is -0.272 e. The Morgan fingerprint density at radius 3 is 2.35 bits per heavy atom. The van der Waals surface area contributed by atoms with E-state index in [1.807, 2.05) is 60.7 Å². The average Bonchev–Trinajstić information content (AvgIpc) is 2.51. The van der Waals surface area contributed by atoms with E-state index in [-0.39, 0.29) is 5.91 Å². The molecule has 0 saturated carbocycles. The quantitative estimate of drug-likeness (QED) is 0.921. The summed E-state index contributed by atoms with van der Waals surface area (Å²) in [4.78, 5) is 16.5. The van der Waals surface area contributed by atoms with Crippen molar-refractivity contribution in [2.75, 3.05) is 10.8 Å². The molecule has 20 heavy (non-hydrogen) atoms. The number of hydrogen-bond acceptors (Lipinski definition) is 3. The van der Waals surface area contributed by atoms with Crippen molar-refractivity contribution in [2.24, 2.45) is 4.99 Å². The number of amidine groups is 1. The summed E-state index contributed by atoms with van der Waals surface area (Å²) in [5.41, 5.74) is 4.75. The van der Waals surface area contributed by atoms with Crippen LogP contribution < -0.4 is 10.4 Å². The first kappa shape index (κ1) is 12.7. The van der Waals surface area contributed by atoms with Crippen molar-refractivity contribution in [1.29, 1.82) is 0 Å². The van der Waals surface area contributed by atoms with E-state index in [1.165, 1.54) is 16.8 Å². The first-order valence-corrected chi connectivity index (χ1v) is 7.23. The second-order valence-electron chi connectivity index (χ2n) is 4.22. The zero-order valence-electron chi connectivity index (χ0n) is 10.7. The van der Waals surface area contributed by atoms with Crippen LogP contribution in [-0.2, 0) is 4.79 Å². The van der Waals surface area contributed by atoms with Crippen LogP contribution in [0.4, 0.5) is 11.4 Å². The lowest BCUT2D eigenvalue weighted by atomic mass is 10.3. The standard InChI is InChI=1S/C15H13N3OS/c19-14-11-20-15(16-12-7-3-1-4-8-12)17-18(14)13-9-5-2-6-10-13/h1-10H,11H2,(H,16,17). The molecule has 4 nitrogen and oxygen atoms in total. The number of hydrazine groups is 1. The summed E-state index contributed by atoms with van der Waals surface area (Å²) in [6, 6.07) is 19.2. The van der Waals surface area contributed by atoms with E-state index in [9.17, 15) is 4.79 Å². The van der Waals surface area contributed by atoms with Gasteiger partial charge in [-0.25, -0.2) is 10.0 Å². The topological polar surface area (TPSA) is 44.7 Å². The maximum absolute atomic E-state index is 12.0. The lowest BCUT2D eigenvalue weighted by molar-refractivity contribution is -0.116. The van der Waals surface area contributed by atoms with Gasteiger partial charge in [0.1, 0.15) is 0 Å². The number of benzene rings is 2. The van der Waals surface area contributed by atoms with Crippen molar-refractivity contribution >= 4 is 34.2 Å². The van der Waals surface area contributed by atoms with Gasteiger partial charge in [-0.15, -0.1) is 0 Å². The number of thioether (sulfide) groups is 1. The second-order valence-corrected chi connectivity index (χ2v) is 5.18. The van der Waals surface area contributed by atoms with E-state index in [2.05, 4.69) is 10.4 Å². The Balaban J connectivity index is 1.83. The van der Waals surface area contributed by atoms with Crippen LogP contribution in [0.5, 0.6) is 0 Å². The van der Waals surface area contributed by atoms with E-state index in [0.717, 1.165) is 16.5 Å². The van der Waals surface area contributed by atoms with Gasteiger partial charge in [-0.2, -0.15) is 0 Å². The number of aliphatic imine (C=N–C) groups is 1. The molecule has 100 valence electrons. The molecule has 0 bridgehead atoms. The molecular weight excluding hydrogens is 270 g/mol. The van der Waals surface area contributed by atoms with Gasteiger partial charge in [-0.05, 0) is 24.3 Å². The Bertz CT molecular complexity index is 628. The highest BCUT2D eigenvalue weighted by molar-refractivity contribution is 8.14. The zero-order chi connectivity index (χ0) is 13.8. The SMILES string of the molecule is O=C1CSC(=Nc2ccccc2)NN1c1ccccc1. The number of nitrogens with zero attached hydrogens (tertiary/aromatic N) is 2. The predicted octanol–water partition coefficient (Wildman–Crippen LogP) is 2.96. The molecule has 1 saturated heterocycles. The summed E-state index contributed by atoms with van der Waals surface area (Å²) in [6.45, 7) is 0. The number of rotatable bonds is 2. The number of hydrogen-bond donors (Lipinski definition) is 1. The van der Waals surface area contributed by atoms with Gasteiger partial charge in [0.05, 0.1) is 17.1 Å². The molecule has 0 unspecified atom stereocenters. The molecule has 0 atom stereocenters. The number of carbonyl (C=O) groups excluding carboxylic acids is 1. The summed E-state index contributed by atoms with van der Waals surface area (Å²) in [6.07, 6.45) is 0. The molecule has 1 aliphatic heterocycles. The molecule has 0 aromatic heterocycles. The molecule has 0 aliphatic carbocycles. The zero-order valence-corrected chi connectivity index (χ0v) is 11.5. The summed E-state index contributed by atoms with van der Waals surface area (Å²) in [7, 11) is 0. The van der Waals surface area contributed by atoms with Gasteiger partial charge in [0.25, 0.3) is 5.91 Å². The lowest BCUT2D eigenvalue weighted by Crippen LogP contribution is -2.50. The van der Waals surface area contributed by atoms with Gasteiger partial charge in [-0.3, -0.25) is 10.2 Å². The maximum atomic E-state index is 12.0. The molecule has 0 spiro atoms. The molecule has 5 heteroatoms. The largest absolute Gasteiger partial charge is 0.272 e. The van der Waals surface area contributed by atoms with Crippen molar-refractivity contribution < 1.29 is 4.79 Å². The van der Waals surface area contributed by atoms with Gasteiger partial charge >= 0.3 is 0 Å². The van der Waals surface area contributed by atoms with Crippen LogP contribution in [0.2, 0.25) is 0 Å². The van der Waals surface area contributed by atoms with Gasteiger partial charge in [-0.1, -0.05) is 48.2 Å². The van der Waals surface area contributed by atoms with Crippen LogP contribution in [0.15, 0.2) is 65.7 Å². The fourth-order valence-electron chi connectivity index (χ4n) is 1.85. The van der Waals surface area contributed by atoms with Gasteiger partial charge < -0.3 is 0 Å². The van der Waals surface area contributed by atoms with E-state index in [0.29, 0.717) is 5.75 Å². The van der Waals surface area contributed by atoms with Crippen molar-refractivity contribution in [3.05, 3.63) is 60.7 Å². The molecule has 1 fully saturated rings. The molecule has 1 aliphatic rings. The third-order valence-electron chi connectivity index (χ3n) is 2.79. The fraction of sp³-hybridized carbons (Fsp3) is 0.0667. The molecule has 1 heterocycles. The average molecular weight is 283 g/mol. The van der Waals surface area contributed by atoms with Crippen molar-refractivity contribution in [3.63, 3.8) is 0 Å². The minimum absolute atomic E-state index is 0.0215. The molecular formula is C15H13N3OS.